The van der Waals surface area contributed by atoms with E-state index in [0.29, 0.717) is 0 Å². The first-order chi connectivity index (χ1) is 19.1. The van der Waals surface area contributed by atoms with Gasteiger partial charge in [-0.1, -0.05) is 66.7 Å². The molecule has 0 saturated heterocycles. The van der Waals surface area contributed by atoms with Crippen LogP contribution in [0.15, 0.2) is 97.1 Å². The monoisotopic (exact) mass is 527 g/mol. The third-order valence-corrected chi connectivity index (χ3v) is 7.76. The van der Waals surface area contributed by atoms with Crippen molar-refractivity contribution in [3.63, 3.8) is 0 Å². The standard InChI is InChI=1S/C33H29N5S/c1-34-25-17-12-23(13-18-25)31-32(24-14-19-26(20-15-24)38(2)3)37-33(36-31)27-9-5-4-8-22(27)16-21-30-35-28-10-6-7-11-29(28)39-30/h4-21,34H,1-3H3,(H,36,37)/b21-16+. The van der Waals surface area contributed by atoms with Crippen molar-refractivity contribution >= 4 is 45.1 Å². The van der Waals surface area contributed by atoms with Gasteiger partial charge < -0.3 is 15.2 Å². The molecule has 0 atom stereocenters. The summed E-state index contributed by atoms with van der Waals surface area (Å²) in [6.07, 6.45) is 4.22. The quantitative estimate of drug-likeness (QED) is 0.219. The normalized spacial score (nSPS) is 11.4. The number of para-hydroxylation sites is 1. The summed E-state index contributed by atoms with van der Waals surface area (Å²) >= 11 is 1.70. The zero-order valence-corrected chi connectivity index (χ0v) is 23.0. The molecule has 6 heteroatoms. The summed E-state index contributed by atoms with van der Waals surface area (Å²) in [4.78, 5) is 15.7. The number of benzene rings is 4. The topological polar surface area (TPSA) is 56.8 Å². The zero-order chi connectivity index (χ0) is 26.8. The summed E-state index contributed by atoms with van der Waals surface area (Å²) < 4.78 is 1.19. The number of nitrogens with one attached hydrogen (secondary N) is 2. The molecule has 192 valence electrons. The van der Waals surface area contributed by atoms with E-state index in [1.54, 1.807) is 11.3 Å². The number of nitrogens with zero attached hydrogens (tertiary/aromatic N) is 3. The van der Waals surface area contributed by atoms with Gasteiger partial charge in [0.1, 0.15) is 10.8 Å². The maximum Gasteiger partial charge on any atom is 0.139 e. The van der Waals surface area contributed by atoms with Crippen molar-refractivity contribution in [1.82, 2.24) is 15.0 Å². The molecule has 0 spiro atoms. The van der Waals surface area contributed by atoms with E-state index in [1.807, 2.05) is 13.1 Å². The van der Waals surface area contributed by atoms with E-state index in [0.717, 1.165) is 61.4 Å². The molecule has 0 unspecified atom stereocenters. The first kappa shape index (κ1) is 24.6. The molecule has 0 aliphatic carbocycles. The number of H-pyrrole nitrogens is 1. The summed E-state index contributed by atoms with van der Waals surface area (Å²) in [5.41, 5.74) is 9.45. The Labute approximate surface area is 232 Å². The Morgan fingerprint density at radius 1 is 0.769 bits per heavy atom. The largest absolute Gasteiger partial charge is 0.388 e. The second kappa shape index (κ2) is 10.6. The zero-order valence-electron chi connectivity index (χ0n) is 22.1. The Morgan fingerprint density at radius 3 is 2.23 bits per heavy atom. The van der Waals surface area contributed by atoms with Gasteiger partial charge in [-0.2, -0.15) is 0 Å². The highest BCUT2D eigenvalue weighted by molar-refractivity contribution is 7.19. The van der Waals surface area contributed by atoms with Crippen molar-refractivity contribution < 1.29 is 0 Å². The fourth-order valence-electron chi connectivity index (χ4n) is 4.62. The molecule has 0 aliphatic rings. The van der Waals surface area contributed by atoms with Crippen LogP contribution in [-0.4, -0.2) is 36.1 Å². The number of aromatic amines is 1. The van der Waals surface area contributed by atoms with E-state index >= 15 is 0 Å². The van der Waals surface area contributed by atoms with Crippen molar-refractivity contribution in [3.05, 3.63) is 108 Å². The lowest BCUT2D eigenvalue weighted by atomic mass is 10.0. The second-order valence-electron chi connectivity index (χ2n) is 9.52. The number of aromatic nitrogens is 3. The van der Waals surface area contributed by atoms with Gasteiger partial charge in [0, 0.05) is 49.2 Å². The SMILES string of the molecule is CNc1ccc(-c2[nH]c(-c3ccccc3/C=C/c3nc4ccccc4s3)nc2-c2ccc(N(C)C)cc2)cc1. The molecule has 5 nitrogen and oxygen atoms in total. The third kappa shape index (κ3) is 5.07. The van der Waals surface area contributed by atoms with Crippen LogP contribution in [0.5, 0.6) is 0 Å². The van der Waals surface area contributed by atoms with Crippen LogP contribution in [0.25, 0.3) is 56.3 Å². The fourth-order valence-corrected chi connectivity index (χ4v) is 5.49. The number of rotatable bonds is 7. The molecule has 0 fully saturated rings. The average molecular weight is 528 g/mol. The van der Waals surface area contributed by atoms with Crippen molar-refractivity contribution in [2.75, 3.05) is 31.4 Å². The van der Waals surface area contributed by atoms with Gasteiger partial charge in [0.25, 0.3) is 0 Å². The summed E-state index contributed by atoms with van der Waals surface area (Å²) in [6.45, 7) is 0. The van der Waals surface area contributed by atoms with Crippen molar-refractivity contribution in [2.24, 2.45) is 0 Å². The van der Waals surface area contributed by atoms with E-state index in [9.17, 15) is 0 Å². The van der Waals surface area contributed by atoms with Gasteiger partial charge in [0.2, 0.25) is 0 Å². The van der Waals surface area contributed by atoms with Crippen LogP contribution in [0, 0.1) is 0 Å². The predicted molar refractivity (Wildman–Crippen MR) is 167 cm³/mol. The summed E-state index contributed by atoms with van der Waals surface area (Å²) in [7, 11) is 6.03. The molecule has 0 amide bonds. The van der Waals surface area contributed by atoms with Gasteiger partial charge in [-0.05, 0) is 48.0 Å². The lowest BCUT2D eigenvalue weighted by Crippen LogP contribution is -2.07. The number of hydrogen-bond donors (Lipinski definition) is 2. The van der Waals surface area contributed by atoms with Gasteiger partial charge in [0.15, 0.2) is 0 Å². The molecule has 2 heterocycles. The van der Waals surface area contributed by atoms with Gasteiger partial charge in [-0.3, -0.25) is 0 Å². The minimum Gasteiger partial charge on any atom is -0.388 e. The Hall–Kier alpha value is -4.68. The van der Waals surface area contributed by atoms with E-state index in [2.05, 4.69) is 132 Å². The summed E-state index contributed by atoms with van der Waals surface area (Å²) in [5.74, 6) is 0.832. The van der Waals surface area contributed by atoms with Crippen molar-refractivity contribution in [3.8, 4) is 33.9 Å². The van der Waals surface area contributed by atoms with Crippen LogP contribution in [0.1, 0.15) is 10.6 Å². The Bertz CT molecular complexity index is 1730. The minimum absolute atomic E-state index is 0.832. The van der Waals surface area contributed by atoms with E-state index in [1.165, 1.54) is 4.70 Å². The first-order valence-corrected chi connectivity index (χ1v) is 13.7. The number of imidazole rings is 1. The van der Waals surface area contributed by atoms with Crippen LogP contribution < -0.4 is 10.2 Å². The number of anilines is 2. The van der Waals surface area contributed by atoms with Crippen LogP contribution in [0.2, 0.25) is 0 Å². The predicted octanol–water partition coefficient (Wildman–Crippen LogP) is 8.30. The number of thiazole rings is 1. The second-order valence-corrected chi connectivity index (χ2v) is 10.6. The smallest absolute Gasteiger partial charge is 0.139 e. The summed E-state index contributed by atoms with van der Waals surface area (Å²) in [6, 6.07) is 33.5. The third-order valence-electron chi connectivity index (χ3n) is 6.76. The van der Waals surface area contributed by atoms with Crippen molar-refractivity contribution in [1.29, 1.82) is 0 Å². The molecular weight excluding hydrogens is 498 g/mol. The Balaban J connectivity index is 1.43. The molecule has 6 rings (SSSR count). The van der Waals surface area contributed by atoms with Crippen LogP contribution >= 0.6 is 11.3 Å². The minimum atomic E-state index is 0.832. The number of fused-ring (bicyclic) bond motifs is 1. The average Bonchev–Trinajstić information content (AvgIpc) is 3.61. The fraction of sp³-hybridized carbons (Fsp3) is 0.0909. The molecule has 2 N–H and O–H groups in total. The van der Waals surface area contributed by atoms with Gasteiger partial charge in [0.05, 0.1) is 21.6 Å². The van der Waals surface area contributed by atoms with Crippen molar-refractivity contribution in [2.45, 2.75) is 0 Å². The van der Waals surface area contributed by atoms with E-state index in [4.69, 9.17) is 9.97 Å². The highest BCUT2D eigenvalue weighted by Crippen LogP contribution is 2.35. The highest BCUT2D eigenvalue weighted by atomic mass is 32.1. The van der Waals surface area contributed by atoms with Crippen LogP contribution in [-0.2, 0) is 0 Å². The maximum absolute atomic E-state index is 5.16. The molecule has 0 saturated carbocycles. The van der Waals surface area contributed by atoms with E-state index < -0.39 is 0 Å². The molecule has 0 aliphatic heterocycles. The molecule has 39 heavy (non-hydrogen) atoms. The Kier molecular flexibility index (Phi) is 6.69. The maximum atomic E-state index is 5.16. The lowest BCUT2D eigenvalue weighted by molar-refractivity contribution is 1.13. The first-order valence-electron chi connectivity index (χ1n) is 12.9. The summed E-state index contributed by atoms with van der Waals surface area (Å²) in [5, 5.41) is 4.18. The molecule has 6 aromatic rings. The molecule has 0 radical (unpaired) electrons. The van der Waals surface area contributed by atoms with Crippen LogP contribution in [0.4, 0.5) is 11.4 Å². The number of hydrogen-bond acceptors (Lipinski definition) is 5. The molecule has 2 aromatic heterocycles. The molecule has 0 bridgehead atoms. The van der Waals surface area contributed by atoms with Gasteiger partial charge >= 0.3 is 0 Å². The van der Waals surface area contributed by atoms with Gasteiger partial charge in [-0.25, -0.2) is 9.97 Å². The van der Waals surface area contributed by atoms with Crippen LogP contribution in [0.3, 0.4) is 0 Å². The van der Waals surface area contributed by atoms with E-state index in [-0.39, 0.29) is 0 Å². The highest BCUT2D eigenvalue weighted by Gasteiger charge is 2.17. The lowest BCUT2D eigenvalue weighted by Gasteiger charge is -2.12. The molecular formula is C33H29N5S. The molecule has 4 aromatic carbocycles. The Morgan fingerprint density at radius 2 is 1.49 bits per heavy atom. The van der Waals surface area contributed by atoms with Gasteiger partial charge in [-0.15, -0.1) is 11.3 Å².